The molecule has 0 heterocycles. The fourth-order valence-corrected chi connectivity index (χ4v) is 5.58. The lowest BCUT2D eigenvalue weighted by Crippen LogP contribution is -2.66. The Hall–Kier alpha value is -0.0800. The summed E-state index contributed by atoms with van der Waals surface area (Å²) >= 11 is 0. The van der Waals surface area contributed by atoms with E-state index in [1.54, 1.807) is 0 Å². The van der Waals surface area contributed by atoms with Crippen molar-refractivity contribution in [1.82, 2.24) is 0 Å². The van der Waals surface area contributed by atoms with Gasteiger partial charge in [0.25, 0.3) is 0 Å². The van der Waals surface area contributed by atoms with E-state index in [9.17, 15) is 10.2 Å². The average Bonchev–Trinajstić information content (AvgIpc) is 2.10. The molecule has 4 rings (SSSR count). The Bertz CT molecular complexity index is 350. The second-order valence-electron chi connectivity index (χ2n) is 8.79. The summed E-state index contributed by atoms with van der Waals surface area (Å²) in [6.07, 6.45) is 6.30. The van der Waals surface area contributed by atoms with Gasteiger partial charge in [0.15, 0.2) is 0 Å². The predicted octanol–water partition coefficient (Wildman–Crippen LogP) is 3.11. The van der Waals surface area contributed by atoms with E-state index in [2.05, 4.69) is 20.8 Å². The minimum absolute atomic E-state index is 0.0515. The van der Waals surface area contributed by atoms with Gasteiger partial charge in [-0.15, -0.1) is 0 Å². The zero-order chi connectivity index (χ0) is 13.4. The van der Waals surface area contributed by atoms with Crippen molar-refractivity contribution in [2.75, 3.05) is 0 Å². The third-order valence-corrected chi connectivity index (χ3v) is 6.52. The van der Waals surface area contributed by atoms with Crippen LogP contribution in [0.15, 0.2) is 0 Å². The van der Waals surface area contributed by atoms with Gasteiger partial charge in [0.1, 0.15) is 0 Å². The highest BCUT2D eigenvalue weighted by molar-refractivity contribution is 5.15. The lowest BCUT2D eigenvalue weighted by Gasteiger charge is -2.66. The van der Waals surface area contributed by atoms with E-state index in [1.807, 2.05) is 6.92 Å². The topological polar surface area (TPSA) is 40.5 Å². The first-order valence-corrected chi connectivity index (χ1v) is 7.52. The molecule has 4 saturated carbocycles. The normalized spacial score (nSPS) is 50.3. The summed E-state index contributed by atoms with van der Waals surface area (Å²) in [6, 6.07) is 0. The van der Waals surface area contributed by atoms with E-state index in [4.69, 9.17) is 0 Å². The summed E-state index contributed by atoms with van der Waals surface area (Å²) < 4.78 is 0. The Morgan fingerprint density at radius 1 is 0.944 bits per heavy atom. The van der Waals surface area contributed by atoms with Crippen LogP contribution < -0.4 is 0 Å². The maximum Gasteiger partial charge on any atom is 0.0724 e. The van der Waals surface area contributed by atoms with Crippen molar-refractivity contribution in [2.24, 2.45) is 22.7 Å². The van der Waals surface area contributed by atoms with Gasteiger partial charge < -0.3 is 10.2 Å². The molecule has 3 atom stereocenters. The van der Waals surface area contributed by atoms with Crippen molar-refractivity contribution in [2.45, 2.75) is 77.4 Å². The highest BCUT2D eigenvalue weighted by atomic mass is 16.3. The number of hydrogen-bond donors (Lipinski definition) is 2. The molecule has 0 aromatic heterocycles. The fourth-order valence-electron chi connectivity index (χ4n) is 5.58. The van der Waals surface area contributed by atoms with Gasteiger partial charge in [-0.1, -0.05) is 20.8 Å². The van der Waals surface area contributed by atoms with Gasteiger partial charge >= 0.3 is 0 Å². The maximum atomic E-state index is 11.2. The molecule has 2 heteroatoms. The zero-order valence-corrected chi connectivity index (χ0v) is 12.3. The average molecular weight is 252 g/mol. The van der Waals surface area contributed by atoms with Gasteiger partial charge in [-0.25, -0.2) is 0 Å². The molecule has 4 aliphatic rings. The van der Waals surface area contributed by atoms with Crippen molar-refractivity contribution in [3.05, 3.63) is 0 Å². The van der Waals surface area contributed by atoms with Crippen molar-refractivity contribution in [3.8, 4) is 0 Å². The summed E-state index contributed by atoms with van der Waals surface area (Å²) in [5, 5.41) is 22.0. The van der Waals surface area contributed by atoms with Gasteiger partial charge in [-0.2, -0.15) is 0 Å². The minimum Gasteiger partial charge on any atom is -0.390 e. The van der Waals surface area contributed by atoms with Crippen LogP contribution in [0.1, 0.15) is 66.2 Å². The van der Waals surface area contributed by atoms with E-state index >= 15 is 0 Å². The number of hydrogen-bond acceptors (Lipinski definition) is 2. The molecular formula is C16H28O2. The number of aliphatic hydroxyl groups is 2. The largest absolute Gasteiger partial charge is 0.390 e. The van der Waals surface area contributed by atoms with Gasteiger partial charge in [0.2, 0.25) is 0 Å². The van der Waals surface area contributed by atoms with E-state index in [-0.39, 0.29) is 10.8 Å². The second kappa shape index (κ2) is 3.32. The summed E-state index contributed by atoms with van der Waals surface area (Å²) in [5.74, 6) is 1.29. The minimum atomic E-state index is -0.689. The molecule has 2 N–H and O–H groups in total. The Balaban J connectivity index is 2.01. The molecule has 0 saturated heterocycles. The summed E-state index contributed by atoms with van der Waals surface area (Å²) in [5.41, 5.74) is -1.34. The molecule has 0 spiro atoms. The highest BCUT2D eigenvalue weighted by Gasteiger charge is 2.65. The fraction of sp³-hybridized carbons (Fsp3) is 1.00. The van der Waals surface area contributed by atoms with Crippen molar-refractivity contribution >= 4 is 0 Å². The van der Waals surface area contributed by atoms with Gasteiger partial charge in [-0.05, 0) is 62.7 Å². The molecule has 4 fully saturated rings. The predicted molar refractivity (Wildman–Crippen MR) is 72.1 cm³/mol. The van der Waals surface area contributed by atoms with Crippen LogP contribution in [0.25, 0.3) is 0 Å². The first kappa shape index (κ1) is 12.9. The van der Waals surface area contributed by atoms with Crippen LogP contribution >= 0.6 is 0 Å². The molecule has 0 aromatic rings. The van der Waals surface area contributed by atoms with Crippen molar-refractivity contribution < 1.29 is 10.2 Å². The molecule has 0 aromatic carbocycles. The standard InChI is InChI=1S/C16H28O2/c1-13(2,3)14(4,17)15-6-11-5-12(7-15)9-16(18,8-11)10-15/h11-12,17-18H,5-10H2,1-4H3. The van der Waals surface area contributed by atoms with Crippen LogP contribution in [0.5, 0.6) is 0 Å². The maximum absolute atomic E-state index is 11.2. The van der Waals surface area contributed by atoms with Gasteiger partial charge in [-0.3, -0.25) is 0 Å². The molecule has 3 unspecified atom stereocenters. The zero-order valence-electron chi connectivity index (χ0n) is 12.3. The highest BCUT2D eigenvalue weighted by Crippen LogP contribution is 2.67. The summed E-state index contributed by atoms with van der Waals surface area (Å²) in [4.78, 5) is 0. The molecule has 2 nitrogen and oxygen atoms in total. The molecule has 104 valence electrons. The smallest absolute Gasteiger partial charge is 0.0724 e. The van der Waals surface area contributed by atoms with E-state index in [1.165, 1.54) is 6.42 Å². The molecule has 0 aliphatic heterocycles. The van der Waals surface area contributed by atoms with Crippen LogP contribution in [-0.4, -0.2) is 21.4 Å². The van der Waals surface area contributed by atoms with Crippen LogP contribution in [0.2, 0.25) is 0 Å². The summed E-state index contributed by atoms with van der Waals surface area (Å²) in [6.45, 7) is 8.42. The molecule has 0 radical (unpaired) electrons. The van der Waals surface area contributed by atoms with Crippen LogP contribution in [-0.2, 0) is 0 Å². The van der Waals surface area contributed by atoms with Crippen LogP contribution in [0.3, 0.4) is 0 Å². The molecule has 18 heavy (non-hydrogen) atoms. The number of rotatable bonds is 1. The Labute approximate surface area is 111 Å². The van der Waals surface area contributed by atoms with Gasteiger partial charge in [0.05, 0.1) is 11.2 Å². The summed E-state index contributed by atoms with van der Waals surface area (Å²) in [7, 11) is 0. The first-order chi connectivity index (χ1) is 8.07. The molecule has 0 amide bonds. The second-order valence-corrected chi connectivity index (χ2v) is 8.79. The van der Waals surface area contributed by atoms with Gasteiger partial charge in [0, 0.05) is 5.41 Å². The van der Waals surface area contributed by atoms with Crippen LogP contribution in [0.4, 0.5) is 0 Å². The van der Waals surface area contributed by atoms with Crippen LogP contribution in [0, 0.1) is 22.7 Å². The third-order valence-electron chi connectivity index (χ3n) is 6.52. The van der Waals surface area contributed by atoms with E-state index in [0.717, 1.165) is 32.1 Å². The SMILES string of the molecule is CC(C)(C)C(C)(O)C12CC3CC(CC(O)(C3)C1)C2. The molecular weight excluding hydrogens is 224 g/mol. The lowest BCUT2D eigenvalue weighted by molar-refractivity contribution is -0.251. The molecule has 4 aliphatic carbocycles. The Morgan fingerprint density at radius 3 is 1.83 bits per heavy atom. The third kappa shape index (κ3) is 1.54. The lowest BCUT2D eigenvalue weighted by atomic mass is 9.41. The van der Waals surface area contributed by atoms with E-state index in [0.29, 0.717) is 11.8 Å². The van der Waals surface area contributed by atoms with Crippen molar-refractivity contribution in [1.29, 1.82) is 0 Å². The quantitative estimate of drug-likeness (QED) is 0.753. The van der Waals surface area contributed by atoms with E-state index < -0.39 is 11.2 Å². The first-order valence-electron chi connectivity index (χ1n) is 7.52. The monoisotopic (exact) mass is 252 g/mol. The Kier molecular flexibility index (Phi) is 2.39. The van der Waals surface area contributed by atoms with Crippen molar-refractivity contribution in [3.63, 3.8) is 0 Å². The Morgan fingerprint density at radius 2 is 1.44 bits per heavy atom. The molecule has 4 bridgehead atoms.